The van der Waals surface area contributed by atoms with E-state index in [-0.39, 0.29) is 11.1 Å². The molecule has 0 aliphatic heterocycles. The zero-order valence-electron chi connectivity index (χ0n) is 11.8. The minimum absolute atomic E-state index is 0.144. The fourth-order valence-electron chi connectivity index (χ4n) is 1.97. The lowest BCUT2D eigenvalue weighted by molar-refractivity contribution is 0.0680. The van der Waals surface area contributed by atoms with Crippen molar-refractivity contribution >= 4 is 17.5 Å². The molecular formula is C16H17ClN2O2. The van der Waals surface area contributed by atoms with Gasteiger partial charge in [-0.3, -0.25) is 4.79 Å². The first-order valence-electron chi connectivity index (χ1n) is 6.65. The number of methoxy groups -OCH3 is 1. The highest BCUT2D eigenvalue weighted by Crippen LogP contribution is 2.16. The van der Waals surface area contributed by atoms with Crippen molar-refractivity contribution in [2.24, 2.45) is 0 Å². The van der Waals surface area contributed by atoms with E-state index >= 15 is 0 Å². The molecule has 0 unspecified atom stereocenters. The highest BCUT2D eigenvalue weighted by atomic mass is 35.5. The van der Waals surface area contributed by atoms with Crippen LogP contribution in [0.3, 0.4) is 0 Å². The Kier molecular flexibility index (Phi) is 5.72. The van der Waals surface area contributed by atoms with Gasteiger partial charge in [0, 0.05) is 26.4 Å². The van der Waals surface area contributed by atoms with Crippen LogP contribution >= 0.6 is 11.6 Å². The average Bonchev–Trinajstić information content (AvgIpc) is 2.52. The van der Waals surface area contributed by atoms with Crippen LogP contribution in [0, 0.1) is 0 Å². The fraction of sp³-hybridized carbons (Fsp3) is 0.250. The number of amides is 1. The molecule has 2 aromatic rings. The van der Waals surface area contributed by atoms with Gasteiger partial charge >= 0.3 is 0 Å². The molecule has 0 saturated heterocycles. The molecule has 1 amide bonds. The number of aromatic nitrogens is 1. The Morgan fingerprint density at radius 1 is 1.24 bits per heavy atom. The maximum Gasteiger partial charge on any atom is 0.257 e. The van der Waals surface area contributed by atoms with E-state index in [9.17, 15) is 4.79 Å². The number of benzene rings is 1. The number of hydrogen-bond acceptors (Lipinski definition) is 3. The summed E-state index contributed by atoms with van der Waals surface area (Å²) in [7, 11) is 1.61. The molecule has 21 heavy (non-hydrogen) atoms. The van der Waals surface area contributed by atoms with Crippen molar-refractivity contribution in [2.75, 3.05) is 20.3 Å². The monoisotopic (exact) mass is 304 g/mol. The molecule has 0 saturated carbocycles. The van der Waals surface area contributed by atoms with E-state index in [1.807, 2.05) is 30.3 Å². The van der Waals surface area contributed by atoms with Crippen LogP contribution < -0.4 is 0 Å². The van der Waals surface area contributed by atoms with Crippen LogP contribution in [0.2, 0.25) is 5.15 Å². The van der Waals surface area contributed by atoms with Gasteiger partial charge in [0.2, 0.25) is 0 Å². The van der Waals surface area contributed by atoms with Gasteiger partial charge < -0.3 is 9.64 Å². The number of carbonyl (C=O) groups is 1. The molecule has 0 spiro atoms. The summed E-state index contributed by atoms with van der Waals surface area (Å²) in [5.41, 5.74) is 1.47. The smallest absolute Gasteiger partial charge is 0.257 e. The molecule has 0 aliphatic carbocycles. The van der Waals surface area contributed by atoms with E-state index in [1.165, 1.54) is 0 Å². The van der Waals surface area contributed by atoms with E-state index in [1.54, 1.807) is 30.3 Å². The highest BCUT2D eigenvalue weighted by Gasteiger charge is 2.18. The van der Waals surface area contributed by atoms with Crippen LogP contribution in [0.5, 0.6) is 0 Å². The third-order valence-corrected chi connectivity index (χ3v) is 3.36. The average molecular weight is 305 g/mol. The maximum absolute atomic E-state index is 12.6. The first kappa shape index (κ1) is 15.5. The topological polar surface area (TPSA) is 42.4 Å². The molecule has 1 aromatic carbocycles. The molecular weight excluding hydrogens is 288 g/mol. The van der Waals surface area contributed by atoms with Gasteiger partial charge in [0.25, 0.3) is 5.91 Å². The Labute approximate surface area is 129 Å². The number of nitrogens with zero attached hydrogens (tertiary/aromatic N) is 2. The molecule has 1 heterocycles. The van der Waals surface area contributed by atoms with Gasteiger partial charge in [0.05, 0.1) is 12.2 Å². The van der Waals surface area contributed by atoms with Gasteiger partial charge in [0.15, 0.2) is 0 Å². The van der Waals surface area contributed by atoms with E-state index in [2.05, 4.69) is 4.98 Å². The van der Waals surface area contributed by atoms with Crippen molar-refractivity contribution in [3.8, 4) is 0 Å². The van der Waals surface area contributed by atoms with Gasteiger partial charge in [-0.05, 0) is 17.7 Å². The van der Waals surface area contributed by atoms with Gasteiger partial charge in [-0.25, -0.2) is 4.98 Å². The van der Waals surface area contributed by atoms with E-state index in [0.717, 1.165) is 5.56 Å². The van der Waals surface area contributed by atoms with Crippen molar-refractivity contribution in [2.45, 2.75) is 6.54 Å². The SMILES string of the molecule is COCCN(Cc1ccccc1)C(=O)c1cccnc1Cl. The standard InChI is InChI=1S/C16H17ClN2O2/c1-21-11-10-19(12-13-6-3-2-4-7-13)16(20)14-8-5-9-18-15(14)17/h2-9H,10-12H2,1H3. The molecule has 110 valence electrons. The molecule has 4 nitrogen and oxygen atoms in total. The third-order valence-electron chi connectivity index (χ3n) is 3.06. The Hall–Kier alpha value is -1.91. The summed E-state index contributed by atoms with van der Waals surface area (Å²) in [5.74, 6) is -0.144. The van der Waals surface area contributed by atoms with Crippen LogP contribution in [0.1, 0.15) is 15.9 Å². The Morgan fingerprint density at radius 3 is 2.67 bits per heavy atom. The fourth-order valence-corrected chi connectivity index (χ4v) is 2.17. The summed E-state index contributed by atoms with van der Waals surface area (Å²) in [6, 6.07) is 13.2. The first-order chi connectivity index (χ1) is 10.2. The summed E-state index contributed by atoms with van der Waals surface area (Å²) in [5, 5.41) is 0.220. The second kappa shape index (κ2) is 7.76. The van der Waals surface area contributed by atoms with E-state index in [4.69, 9.17) is 16.3 Å². The van der Waals surface area contributed by atoms with Gasteiger partial charge in [0.1, 0.15) is 5.15 Å². The molecule has 0 N–H and O–H groups in total. The Morgan fingerprint density at radius 2 is 2.00 bits per heavy atom. The molecule has 2 rings (SSSR count). The van der Waals surface area contributed by atoms with Crippen molar-refractivity contribution in [3.05, 3.63) is 64.9 Å². The third kappa shape index (κ3) is 4.28. The second-order valence-corrected chi connectivity index (χ2v) is 4.90. The minimum Gasteiger partial charge on any atom is -0.383 e. The van der Waals surface area contributed by atoms with Gasteiger partial charge in [-0.15, -0.1) is 0 Å². The molecule has 0 aliphatic rings. The van der Waals surface area contributed by atoms with Gasteiger partial charge in [-0.2, -0.15) is 0 Å². The quantitative estimate of drug-likeness (QED) is 0.770. The van der Waals surface area contributed by atoms with E-state index in [0.29, 0.717) is 25.3 Å². The zero-order valence-corrected chi connectivity index (χ0v) is 12.6. The molecule has 5 heteroatoms. The van der Waals surface area contributed by atoms with Crippen molar-refractivity contribution in [1.29, 1.82) is 0 Å². The van der Waals surface area contributed by atoms with E-state index < -0.39 is 0 Å². The lowest BCUT2D eigenvalue weighted by atomic mass is 10.2. The van der Waals surface area contributed by atoms with Crippen LogP contribution in [0.15, 0.2) is 48.7 Å². The Balaban J connectivity index is 2.19. The number of halogens is 1. The molecule has 0 atom stereocenters. The molecule has 0 radical (unpaired) electrons. The van der Waals surface area contributed by atoms with Crippen molar-refractivity contribution < 1.29 is 9.53 Å². The minimum atomic E-state index is -0.144. The summed E-state index contributed by atoms with van der Waals surface area (Å²) < 4.78 is 5.08. The summed E-state index contributed by atoms with van der Waals surface area (Å²) in [6.07, 6.45) is 1.57. The number of ether oxygens (including phenoxy) is 1. The number of carbonyl (C=O) groups excluding carboxylic acids is 1. The van der Waals surface area contributed by atoms with Crippen LogP contribution in [-0.2, 0) is 11.3 Å². The summed E-state index contributed by atoms with van der Waals surface area (Å²) in [4.78, 5) is 18.3. The van der Waals surface area contributed by atoms with Crippen LogP contribution in [0.25, 0.3) is 0 Å². The number of hydrogen-bond donors (Lipinski definition) is 0. The predicted molar refractivity (Wildman–Crippen MR) is 82.3 cm³/mol. The summed E-state index contributed by atoms with van der Waals surface area (Å²) in [6.45, 7) is 1.47. The maximum atomic E-state index is 12.6. The van der Waals surface area contributed by atoms with Crippen LogP contribution in [0.4, 0.5) is 0 Å². The predicted octanol–water partition coefficient (Wildman–Crippen LogP) is 3.02. The Bertz CT molecular complexity index is 590. The van der Waals surface area contributed by atoms with Gasteiger partial charge in [-0.1, -0.05) is 41.9 Å². The normalized spacial score (nSPS) is 10.4. The largest absolute Gasteiger partial charge is 0.383 e. The number of rotatable bonds is 6. The van der Waals surface area contributed by atoms with Crippen molar-refractivity contribution in [1.82, 2.24) is 9.88 Å². The molecule has 1 aromatic heterocycles. The lowest BCUT2D eigenvalue weighted by Gasteiger charge is -2.23. The zero-order chi connectivity index (χ0) is 15.1. The highest BCUT2D eigenvalue weighted by molar-refractivity contribution is 6.32. The van der Waals surface area contributed by atoms with Crippen LogP contribution in [-0.4, -0.2) is 36.1 Å². The number of pyridine rings is 1. The molecule has 0 fully saturated rings. The molecule has 0 bridgehead atoms. The lowest BCUT2D eigenvalue weighted by Crippen LogP contribution is -2.33. The summed E-state index contributed by atoms with van der Waals surface area (Å²) >= 11 is 6.01. The first-order valence-corrected chi connectivity index (χ1v) is 7.03. The van der Waals surface area contributed by atoms with Crippen molar-refractivity contribution in [3.63, 3.8) is 0 Å². The second-order valence-electron chi connectivity index (χ2n) is 4.55.